The second-order valence-electron chi connectivity index (χ2n) is 6.50. The van der Waals surface area contributed by atoms with E-state index in [4.69, 9.17) is 4.74 Å². The van der Waals surface area contributed by atoms with E-state index in [0.717, 1.165) is 58.5 Å². The monoisotopic (exact) mass is 378 g/mol. The number of nitrogens with zero attached hydrogens (tertiary/aromatic N) is 4. The van der Waals surface area contributed by atoms with Gasteiger partial charge in [-0.2, -0.15) is 5.10 Å². The first-order valence-corrected chi connectivity index (χ1v) is 9.83. The van der Waals surface area contributed by atoms with Crippen LogP contribution in [-0.4, -0.2) is 44.6 Å². The summed E-state index contributed by atoms with van der Waals surface area (Å²) in [7, 11) is 0. The lowest BCUT2D eigenvalue weighted by Gasteiger charge is -2.22. The van der Waals surface area contributed by atoms with Gasteiger partial charge in [0.1, 0.15) is 6.10 Å². The summed E-state index contributed by atoms with van der Waals surface area (Å²) >= 11 is 1.61. The number of H-pyrrole nitrogens is 1. The van der Waals surface area contributed by atoms with Crippen LogP contribution in [0, 0.1) is 0 Å². The van der Waals surface area contributed by atoms with Crippen molar-refractivity contribution in [1.82, 2.24) is 30.7 Å². The number of aromatic amines is 1. The molecule has 1 saturated heterocycles. The Hall–Kier alpha value is -2.84. The van der Waals surface area contributed by atoms with Crippen LogP contribution < -0.4 is 10.1 Å². The molecule has 7 nitrogen and oxygen atoms in total. The fraction of sp³-hybridized carbons (Fsp3) is 0.263. The van der Waals surface area contributed by atoms with Crippen molar-refractivity contribution in [2.75, 3.05) is 13.1 Å². The number of rotatable bonds is 4. The number of aromatic nitrogens is 5. The maximum atomic E-state index is 5.95. The van der Waals surface area contributed by atoms with Crippen molar-refractivity contribution in [1.29, 1.82) is 0 Å². The third-order valence-corrected chi connectivity index (χ3v) is 5.64. The van der Waals surface area contributed by atoms with Crippen molar-refractivity contribution in [2.24, 2.45) is 0 Å². The summed E-state index contributed by atoms with van der Waals surface area (Å²) in [4.78, 5) is 4.55. The molecular weight excluding hydrogens is 360 g/mol. The molecule has 0 aliphatic carbocycles. The highest BCUT2D eigenvalue weighted by molar-refractivity contribution is 7.17. The number of hydrogen-bond donors (Lipinski definition) is 2. The molecule has 1 fully saturated rings. The van der Waals surface area contributed by atoms with Gasteiger partial charge in [0.05, 0.1) is 27.6 Å². The van der Waals surface area contributed by atoms with Gasteiger partial charge in [-0.25, -0.2) is 4.98 Å². The van der Waals surface area contributed by atoms with Crippen molar-refractivity contribution in [2.45, 2.75) is 18.9 Å². The van der Waals surface area contributed by atoms with Crippen molar-refractivity contribution in [3.63, 3.8) is 0 Å². The number of benzene rings is 1. The molecular formula is C19H18N6OS. The van der Waals surface area contributed by atoms with E-state index < -0.39 is 0 Å². The second kappa shape index (κ2) is 7.05. The average Bonchev–Trinajstić information content (AvgIpc) is 3.41. The molecule has 4 aromatic rings. The van der Waals surface area contributed by atoms with Crippen molar-refractivity contribution >= 4 is 21.6 Å². The Morgan fingerprint density at radius 2 is 1.93 bits per heavy atom. The topological polar surface area (TPSA) is 88.6 Å². The fourth-order valence-corrected chi connectivity index (χ4v) is 4.23. The van der Waals surface area contributed by atoms with Gasteiger partial charge in [-0.1, -0.05) is 12.1 Å². The van der Waals surface area contributed by atoms with E-state index in [0.29, 0.717) is 5.88 Å². The van der Waals surface area contributed by atoms with Crippen LogP contribution in [0.1, 0.15) is 12.8 Å². The van der Waals surface area contributed by atoms with Gasteiger partial charge in [-0.05, 0) is 32.0 Å². The zero-order valence-corrected chi connectivity index (χ0v) is 15.4. The number of piperidine rings is 1. The molecule has 2 N–H and O–H groups in total. The molecule has 5 rings (SSSR count). The molecule has 1 aromatic carbocycles. The van der Waals surface area contributed by atoms with Crippen molar-refractivity contribution < 1.29 is 4.74 Å². The molecule has 0 saturated carbocycles. The molecule has 0 atom stereocenters. The van der Waals surface area contributed by atoms with Gasteiger partial charge < -0.3 is 10.1 Å². The maximum Gasteiger partial charge on any atom is 0.233 e. The normalized spacial score (nSPS) is 15.3. The van der Waals surface area contributed by atoms with Gasteiger partial charge in [0.25, 0.3) is 0 Å². The Labute approximate surface area is 159 Å². The lowest BCUT2D eigenvalue weighted by molar-refractivity contribution is 0.154. The van der Waals surface area contributed by atoms with E-state index >= 15 is 0 Å². The predicted molar refractivity (Wildman–Crippen MR) is 105 cm³/mol. The van der Waals surface area contributed by atoms with Crippen LogP contribution in [0.5, 0.6) is 5.88 Å². The molecule has 1 aliphatic rings. The van der Waals surface area contributed by atoms with E-state index in [1.54, 1.807) is 17.5 Å². The third-order valence-electron chi connectivity index (χ3n) is 4.78. The van der Waals surface area contributed by atoms with Crippen LogP contribution in [-0.2, 0) is 0 Å². The molecule has 136 valence electrons. The largest absolute Gasteiger partial charge is 0.473 e. The van der Waals surface area contributed by atoms with Crippen LogP contribution in [0.2, 0.25) is 0 Å². The minimum Gasteiger partial charge on any atom is -0.473 e. The molecule has 27 heavy (non-hydrogen) atoms. The number of hydrogen-bond acceptors (Lipinski definition) is 7. The first kappa shape index (κ1) is 16.3. The third kappa shape index (κ3) is 3.17. The first-order chi connectivity index (χ1) is 13.4. The smallest absolute Gasteiger partial charge is 0.233 e. The van der Waals surface area contributed by atoms with Crippen LogP contribution >= 0.6 is 11.3 Å². The van der Waals surface area contributed by atoms with E-state index in [9.17, 15) is 0 Å². The van der Waals surface area contributed by atoms with Crippen molar-refractivity contribution in [3.05, 3.63) is 42.2 Å². The highest BCUT2D eigenvalue weighted by Gasteiger charge is 2.17. The van der Waals surface area contributed by atoms with Gasteiger partial charge >= 0.3 is 0 Å². The number of fused-ring (bicyclic) bond motifs is 1. The Morgan fingerprint density at radius 3 is 2.70 bits per heavy atom. The second-order valence-corrected chi connectivity index (χ2v) is 7.36. The highest BCUT2D eigenvalue weighted by Crippen LogP contribution is 2.36. The fourth-order valence-electron chi connectivity index (χ4n) is 3.39. The maximum absolute atomic E-state index is 5.95. The minimum absolute atomic E-state index is 0.217. The van der Waals surface area contributed by atoms with E-state index in [-0.39, 0.29) is 6.10 Å². The zero-order valence-electron chi connectivity index (χ0n) is 14.6. The summed E-state index contributed by atoms with van der Waals surface area (Å²) in [6.07, 6.45) is 5.90. The van der Waals surface area contributed by atoms with Crippen molar-refractivity contribution in [3.8, 4) is 28.3 Å². The van der Waals surface area contributed by atoms with E-state index in [1.165, 1.54) is 0 Å². The SMILES string of the molecule is c1nc2c(-c3cn[nH]c3)ccc(-c3ccc(OC4CCNCC4)nn3)c2s1. The van der Waals surface area contributed by atoms with Crippen LogP contribution in [0.25, 0.3) is 32.6 Å². The molecule has 0 radical (unpaired) electrons. The van der Waals surface area contributed by atoms with Gasteiger partial charge in [0.15, 0.2) is 0 Å². The molecule has 3 aromatic heterocycles. The molecule has 0 amide bonds. The van der Waals surface area contributed by atoms with E-state index in [2.05, 4.69) is 42.8 Å². The lowest BCUT2D eigenvalue weighted by atomic mass is 10.0. The Kier molecular flexibility index (Phi) is 4.27. The predicted octanol–water partition coefficient (Wildman–Crippen LogP) is 3.27. The number of nitrogens with one attached hydrogen (secondary N) is 2. The minimum atomic E-state index is 0.217. The summed E-state index contributed by atoms with van der Waals surface area (Å²) in [6, 6.07) is 8.00. The first-order valence-electron chi connectivity index (χ1n) is 8.95. The number of ether oxygens (including phenoxy) is 1. The summed E-state index contributed by atoms with van der Waals surface area (Å²) in [6.45, 7) is 1.98. The van der Waals surface area contributed by atoms with Crippen LogP contribution in [0.3, 0.4) is 0 Å². The summed E-state index contributed by atoms with van der Waals surface area (Å²) < 4.78 is 7.05. The summed E-state index contributed by atoms with van der Waals surface area (Å²) in [5.41, 5.74) is 6.74. The molecule has 0 unspecified atom stereocenters. The van der Waals surface area contributed by atoms with Gasteiger partial charge in [-0.15, -0.1) is 21.5 Å². The molecule has 0 spiro atoms. The van der Waals surface area contributed by atoms with Gasteiger partial charge in [-0.3, -0.25) is 5.10 Å². The molecule has 8 heteroatoms. The number of thiazole rings is 1. The highest BCUT2D eigenvalue weighted by atomic mass is 32.1. The Morgan fingerprint density at radius 1 is 1.04 bits per heavy atom. The Bertz CT molecular complexity index is 1040. The summed E-state index contributed by atoms with van der Waals surface area (Å²) in [5.74, 6) is 0.584. The summed E-state index contributed by atoms with van der Waals surface area (Å²) in [5, 5.41) is 18.9. The van der Waals surface area contributed by atoms with Crippen LogP contribution in [0.15, 0.2) is 42.2 Å². The van der Waals surface area contributed by atoms with Crippen LogP contribution in [0.4, 0.5) is 0 Å². The molecule has 0 bridgehead atoms. The van der Waals surface area contributed by atoms with Gasteiger partial charge in [0, 0.05) is 29.0 Å². The molecule has 4 heterocycles. The average molecular weight is 378 g/mol. The Balaban J connectivity index is 1.45. The molecule has 1 aliphatic heterocycles. The lowest BCUT2D eigenvalue weighted by Crippen LogP contribution is -2.34. The van der Waals surface area contributed by atoms with E-state index in [1.807, 2.05) is 23.8 Å². The zero-order chi connectivity index (χ0) is 18.1. The van der Waals surface area contributed by atoms with Gasteiger partial charge in [0.2, 0.25) is 5.88 Å². The standard InChI is InChI=1S/C19H18N6OS/c1-2-15(19-18(21-11-27-19)14(1)12-9-22-23-10-12)16-3-4-17(25-24-16)26-13-5-7-20-8-6-13/h1-4,9-11,13,20H,5-8H2,(H,22,23). The quantitative estimate of drug-likeness (QED) is 0.567.